The Morgan fingerprint density at radius 1 is 1.08 bits per heavy atom. The van der Waals surface area contributed by atoms with E-state index in [0.717, 1.165) is 50.0 Å². The molecule has 0 saturated heterocycles. The summed E-state index contributed by atoms with van der Waals surface area (Å²) in [6, 6.07) is 0. The zero-order valence-corrected chi connectivity index (χ0v) is 14.6. The van der Waals surface area contributed by atoms with Crippen molar-refractivity contribution < 1.29 is 23.7 Å². The van der Waals surface area contributed by atoms with Gasteiger partial charge in [0.15, 0.2) is 0 Å². The Morgan fingerprint density at radius 3 is 2.21 bits per heavy atom. The summed E-state index contributed by atoms with van der Waals surface area (Å²) in [6.45, 7) is 6.24. The molecule has 0 radical (unpaired) electrons. The lowest BCUT2D eigenvalue weighted by atomic mass is 10.3. The van der Waals surface area contributed by atoms with Crippen molar-refractivity contribution in [2.24, 2.45) is 0 Å². The molecule has 0 amide bonds. The van der Waals surface area contributed by atoms with Crippen molar-refractivity contribution in [3.63, 3.8) is 0 Å². The molecule has 0 aromatic rings. The molecule has 5 nitrogen and oxygen atoms in total. The van der Waals surface area contributed by atoms with Crippen LogP contribution in [0.15, 0.2) is 35.8 Å². The highest BCUT2D eigenvalue weighted by Gasteiger charge is 2.18. The van der Waals surface area contributed by atoms with Gasteiger partial charge in [0.1, 0.15) is 6.61 Å². The van der Waals surface area contributed by atoms with Crippen molar-refractivity contribution in [2.75, 3.05) is 19.8 Å². The van der Waals surface area contributed by atoms with Crippen LogP contribution < -0.4 is 0 Å². The van der Waals surface area contributed by atoms with Gasteiger partial charge in [-0.2, -0.15) is 0 Å². The average molecular weight is 336 g/mol. The summed E-state index contributed by atoms with van der Waals surface area (Å²) in [5.41, 5.74) is 0.395. The molecular weight excluding hydrogens is 308 g/mol. The first-order chi connectivity index (χ1) is 11.6. The van der Waals surface area contributed by atoms with Crippen LogP contribution in [0.2, 0.25) is 0 Å². The molecule has 0 spiro atoms. The Bertz CT molecular complexity index is 466. The molecule has 0 unspecified atom stereocenters. The summed E-state index contributed by atoms with van der Waals surface area (Å²) >= 11 is 0. The molecule has 0 heterocycles. The van der Waals surface area contributed by atoms with Crippen molar-refractivity contribution in [3.8, 4) is 0 Å². The number of hydrogen-bond donors (Lipinski definition) is 0. The Morgan fingerprint density at radius 2 is 1.71 bits per heavy atom. The van der Waals surface area contributed by atoms with Crippen LogP contribution in [0.3, 0.4) is 0 Å². The molecule has 134 valence electrons. The van der Waals surface area contributed by atoms with Gasteiger partial charge in [-0.3, -0.25) is 0 Å². The van der Waals surface area contributed by atoms with Gasteiger partial charge in [0.05, 0.1) is 24.7 Å². The first kappa shape index (κ1) is 18.6. The minimum atomic E-state index is -0.385. The molecule has 5 heteroatoms. The molecule has 0 atom stereocenters. The SMILES string of the molecule is C=C(C)C(=O)OCCOCCC(OC1=CCCC1)OC1=CCCC1. The quantitative estimate of drug-likeness (QED) is 0.247. The smallest absolute Gasteiger partial charge is 0.333 e. The monoisotopic (exact) mass is 336 g/mol. The van der Waals surface area contributed by atoms with Crippen molar-refractivity contribution in [2.45, 2.75) is 58.2 Å². The fourth-order valence-corrected chi connectivity index (χ4v) is 2.57. The van der Waals surface area contributed by atoms with Gasteiger partial charge >= 0.3 is 5.97 Å². The van der Waals surface area contributed by atoms with E-state index < -0.39 is 0 Å². The maximum absolute atomic E-state index is 11.2. The highest BCUT2D eigenvalue weighted by Crippen LogP contribution is 2.25. The molecule has 0 aromatic carbocycles. The highest BCUT2D eigenvalue weighted by atomic mass is 16.7. The number of hydrogen-bond acceptors (Lipinski definition) is 5. The number of allylic oxidation sites excluding steroid dienone is 4. The maximum atomic E-state index is 11.2. The van der Waals surface area contributed by atoms with Gasteiger partial charge in [0, 0.05) is 24.8 Å². The van der Waals surface area contributed by atoms with E-state index in [1.54, 1.807) is 6.92 Å². The second-order valence-electron chi connectivity index (χ2n) is 6.11. The average Bonchev–Trinajstić information content (AvgIpc) is 3.24. The van der Waals surface area contributed by atoms with E-state index in [1.807, 2.05) is 0 Å². The molecule has 0 bridgehead atoms. The second kappa shape index (κ2) is 10.2. The van der Waals surface area contributed by atoms with Gasteiger partial charge < -0.3 is 18.9 Å². The summed E-state index contributed by atoms with van der Waals surface area (Å²) in [7, 11) is 0. The predicted molar refractivity (Wildman–Crippen MR) is 91.0 cm³/mol. The Hall–Kier alpha value is -1.75. The molecule has 0 N–H and O–H groups in total. The summed E-state index contributed by atoms with van der Waals surface area (Å²) in [5, 5.41) is 0. The van der Waals surface area contributed by atoms with Gasteiger partial charge in [-0.1, -0.05) is 6.58 Å². The molecule has 24 heavy (non-hydrogen) atoms. The lowest BCUT2D eigenvalue weighted by Crippen LogP contribution is -2.20. The predicted octanol–water partition coefficient (Wildman–Crippen LogP) is 4.01. The van der Waals surface area contributed by atoms with Crippen LogP contribution in [-0.2, 0) is 23.7 Å². The third-order valence-electron chi connectivity index (χ3n) is 3.87. The van der Waals surface area contributed by atoms with Crippen LogP contribution in [0.25, 0.3) is 0 Å². The van der Waals surface area contributed by atoms with Crippen LogP contribution in [0.1, 0.15) is 51.9 Å². The van der Waals surface area contributed by atoms with Gasteiger partial charge in [-0.15, -0.1) is 0 Å². The van der Waals surface area contributed by atoms with Gasteiger partial charge in [-0.05, 0) is 44.8 Å². The zero-order chi connectivity index (χ0) is 17.2. The standard InChI is InChI=1S/C19H28O5/c1-15(2)19(20)22-14-13-21-12-11-18(23-16-7-3-4-8-16)24-17-9-5-6-10-17/h7,9,18H,1,3-6,8,10-14H2,2H3. The molecule has 0 fully saturated rings. The summed E-state index contributed by atoms with van der Waals surface area (Å²) in [4.78, 5) is 11.2. The number of ether oxygens (including phenoxy) is 4. The van der Waals surface area contributed by atoms with Crippen LogP contribution in [0.4, 0.5) is 0 Å². The number of esters is 1. The number of rotatable bonds is 11. The Kier molecular flexibility index (Phi) is 7.89. The minimum absolute atomic E-state index is 0.231. The zero-order valence-electron chi connectivity index (χ0n) is 14.6. The maximum Gasteiger partial charge on any atom is 0.333 e. The molecule has 0 saturated carbocycles. The van der Waals surface area contributed by atoms with Crippen LogP contribution >= 0.6 is 0 Å². The van der Waals surface area contributed by atoms with Crippen molar-refractivity contribution in [1.82, 2.24) is 0 Å². The van der Waals surface area contributed by atoms with Crippen molar-refractivity contribution in [3.05, 3.63) is 35.8 Å². The highest BCUT2D eigenvalue weighted by molar-refractivity contribution is 5.86. The van der Waals surface area contributed by atoms with Crippen LogP contribution in [-0.4, -0.2) is 32.1 Å². The molecule has 0 aromatic heterocycles. The summed E-state index contributed by atoms with van der Waals surface area (Å²) in [5.74, 6) is 1.66. The van der Waals surface area contributed by atoms with E-state index in [9.17, 15) is 4.79 Å². The lowest BCUT2D eigenvalue weighted by molar-refractivity contribution is -0.141. The van der Waals surface area contributed by atoms with Gasteiger partial charge in [0.25, 0.3) is 0 Å². The van der Waals surface area contributed by atoms with Crippen molar-refractivity contribution in [1.29, 1.82) is 0 Å². The van der Waals surface area contributed by atoms with Gasteiger partial charge in [-0.25, -0.2) is 4.79 Å². The fourth-order valence-electron chi connectivity index (χ4n) is 2.57. The largest absolute Gasteiger partial charge is 0.460 e. The Balaban J connectivity index is 1.65. The van der Waals surface area contributed by atoms with E-state index in [4.69, 9.17) is 18.9 Å². The van der Waals surface area contributed by atoms with E-state index in [0.29, 0.717) is 25.2 Å². The Labute approximate surface area is 144 Å². The molecule has 0 aliphatic heterocycles. The number of carbonyl (C=O) groups is 1. The molecule has 2 aliphatic rings. The van der Waals surface area contributed by atoms with E-state index in [2.05, 4.69) is 18.7 Å². The van der Waals surface area contributed by atoms with E-state index in [1.165, 1.54) is 0 Å². The van der Waals surface area contributed by atoms with E-state index in [-0.39, 0.29) is 18.9 Å². The topological polar surface area (TPSA) is 54.0 Å². The first-order valence-electron chi connectivity index (χ1n) is 8.77. The van der Waals surface area contributed by atoms with Gasteiger partial charge in [0.2, 0.25) is 6.29 Å². The normalized spacial score (nSPS) is 16.8. The molecule has 2 aliphatic carbocycles. The first-order valence-corrected chi connectivity index (χ1v) is 8.77. The third kappa shape index (κ3) is 6.79. The minimum Gasteiger partial charge on any atom is -0.460 e. The number of carbonyl (C=O) groups excluding carboxylic acids is 1. The summed E-state index contributed by atoms with van der Waals surface area (Å²) < 4.78 is 22.4. The fraction of sp³-hybridized carbons (Fsp3) is 0.632. The third-order valence-corrected chi connectivity index (χ3v) is 3.87. The summed E-state index contributed by atoms with van der Waals surface area (Å²) in [6.07, 6.45) is 11.0. The van der Waals surface area contributed by atoms with Crippen molar-refractivity contribution >= 4 is 5.97 Å². The van der Waals surface area contributed by atoms with Crippen LogP contribution in [0, 0.1) is 0 Å². The molecular formula is C19H28O5. The lowest BCUT2D eigenvalue weighted by Gasteiger charge is -2.22. The molecule has 2 rings (SSSR count). The van der Waals surface area contributed by atoms with E-state index >= 15 is 0 Å². The van der Waals surface area contributed by atoms with Crippen LogP contribution in [0.5, 0.6) is 0 Å². The second-order valence-corrected chi connectivity index (χ2v) is 6.11.